The van der Waals surface area contributed by atoms with E-state index in [9.17, 15) is 0 Å². The Morgan fingerprint density at radius 2 is 1.44 bits per heavy atom. The fraction of sp³-hybridized carbons (Fsp3) is 0.308. The quantitative estimate of drug-likeness (QED) is 0.421. The fourth-order valence-corrected chi connectivity index (χ4v) is 3.95. The number of benzene rings is 2. The third-order valence-electron chi connectivity index (χ3n) is 6.17. The number of aromatic nitrogens is 4. The molecule has 0 atom stereocenters. The highest BCUT2D eigenvalue weighted by Crippen LogP contribution is 2.34. The van der Waals surface area contributed by atoms with Crippen molar-refractivity contribution in [2.24, 2.45) is 5.73 Å². The Labute approximate surface area is 198 Å². The second-order valence-electron chi connectivity index (χ2n) is 9.12. The number of aryl methyl sites for hydroxylation is 1. The maximum Gasteiger partial charge on any atom is 0.285 e. The maximum atomic E-state index is 5.98. The van der Waals surface area contributed by atoms with Crippen molar-refractivity contribution in [2.45, 2.75) is 51.2 Å². The van der Waals surface area contributed by atoms with Crippen LogP contribution in [0.2, 0.25) is 0 Å². The highest BCUT2D eigenvalue weighted by atomic mass is 16.5. The zero-order valence-electron chi connectivity index (χ0n) is 19.4. The molecule has 2 aromatic heterocycles. The summed E-state index contributed by atoms with van der Waals surface area (Å²) in [6.45, 7) is 6.13. The van der Waals surface area contributed by atoms with E-state index in [1.165, 1.54) is 11.1 Å². The second-order valence-corrected chi connectivity index (χ2v) is 9.12. The van der Waals surface area contributed by atoms with Gasteiger partial charge in [-0.25, -0.2) is 9.97 Å². The largest absolute Gasteiger partial charge is 0.490 e. The molecule has 0 amide bonds. The molecular formula is C26H27N5O3. The van der Waals surface area contributed by atoms with E-state index in [0.29, 0.717) is 23.2 Å². The van der Waals surface area contributed by atoms with Crippen LogP contribution in [0.4, 0.5) is 0 Å². The zero-order valence-corrected chi connectivity index (χ0v) is 19.4. The summed E-state index contributed by atoms with van der Waals surface area (Å²) in [5.74, 6) is 3.22. The molecule has 0 unspecified atom stereocenters. The van der Waals surface area contributed by atoms with Crippen LogP contribution < -0.4 is 15.2 Å². The number of nitrogens with two attached hydrogens (primary N) is 1. The van der Waals surface area contributed by atoms with Crippen molar-refractivity contribution < 1.29 is 13.9 Å². The van der Waals surface area contributed by atoms with Gasteiger partial charge >= 0.3 is 0 Å². The molecule has 5 rings (SSSR count). The summed E-state index contributed by atoms with van der Waals surface area (Å²) in [4.78, 5) is 8.49. The molecule has 0 aliphatic heterocycles. The van der Waals surface area contributed by atoms with E-state index in [1.807, 2.05) is 24.3 Å². The molecular weight excluding hydrogens is 430 g/mol. The Hall–Kier alpha value is -3.78. The van der Waals surface area contributed by atoms with Crippen LogP contribution in [0.5, 0.6) is 17.2 Å². The molecule has 2 N–H and O–H groups in total. The summed E-state index contributed by atoms with van der Waals surface area (Å²) < 4.78 is 17.2. The summed E-state index contributed by atoms with van der Waals surface area (Å²) >= 11 is 0. The molecule has 2 aromatic carbocycles. The van der Waals surface area contributed by atoms with E-state index in [1.54, 1.807) is 19.3 Å². The third-order valence-corrected chi connectivity index (χ3v) is 6.17. The molecule has 1 saturated carbocycles. The fourth-order valence-electron chi connectivity index (χ4n) is 3.95. The van der Waals surface area contributed by atoms with E-state index in [-0.39, 0.29) is 23.5 Å². The number of hydrogen-bond acceptors (Lipinski definition) is 8. The third kappa shape index (κ3) is 4.63. The van der Waals surface area contributed by atoms with Gasteiger partial charge in [0.1, 0.15) is 17.6 Å². The van der Waals surface area contributed by atoms with Gasteiger partial charge in [0, 0.05) is 18.4 Å². The molecule has 0 spiro atoms. The van der Waals surface area contributed by atoms with Gasteiger partial charge in [0.15, 0.2) is 5.75 Å². The van der Waals surface area contributed by atoms with Gasteiger partial charge in [-0.1, -0.05) is 38.1 Å². The summed E-state index contributed by atoms with van der Waals surface area (Å²) in [6.07, 6.45) is 5.26. The first kappa shape index (κ1) is 22.0. The molecule has 0 radical (unpaired) electrons. The average Bonchev–Trinajstić information content (AvgIpc) is 3.25. The van der Waals surface area contributed by atoms with Crippen LogP contribution in [0.25, 0.3) is 11.7 Å². The molecule has 1 fully saturated rings. The predicted molar refractivity (Wildman–Crippen MR) is 127 cm³/mol. The van der Waals surface area contributed by atoms with E-state index < -0.39 is 0 Å². The lowest BCUT2D eigenvalue weighted by atomic mass is 9.78. The average molecular weight is 458 g/mol. The minimum Gasteiger partial charge on any atom is -0.490 e. The van der Waals surface area contributed by atoms with Crippen molar-refractivity contribution in [3.05, 3.63) is 77.9 Å². The first-order chi connectivity index (χ1) is 16.4. The number of hydrogen-bond donors (Lipinski definition) is 1. The molecule has 34 heavy (non-hydrogen) atoms. The minimum absolute atomic E-state index is 0.178. The monoisotopic (exact) mass is 457 g/mol. The van der Waals surface area contributed by atoms with Gasteiger partial charge in [0.2, 0.25) is 11.7 Å². The first-order valence-electron chi connectivity index (χ1n) is 11.3. The SMILES string of the molecule is Cc1nnc(-c2ncc(Oc3ccc(C(C)(C)c4ccc(O[C@H]5C[C@H](N)C5)cc4)cc3)cn2)o1. The van der Waals surface area contributed by atoms with Crippen LogP contribution >= 0.6 is 0 Å². The lowest BCUT2D eigenvalue weighted by molar-refractivity contribution is 0.101. The Kier molecular flexibility index (Phi) is 5.75. The molecule has 2 heterocycles. The lowest BCUT2D eigenvalue weighted by Crippen LogP contribution is -2.43. The van der Waals surface area contributed by atoms with Gasteiger partial charge in [0.05, 0.1) is 12.4 Å². The Bertz CT molecular complexity index is 1250. The summed E-state index contributed by atoms with van der Waals surface area (Å²) in [5.41, 5.74) is 8.05. The van der Waals surface area contributed by atoms with Crippen molar-refractivity contribution in [3.8, 4) is 29.0 Å². The molecule has 174 valence electrons. The lowest BCUT2D eigenvalue weighted by Gasteiger charge is -2.33. The standard InChI is InChI=1S/C26H27N5O3/c1-16-30-31-25(32-16)24-28-14-23(15-29-24)34-21-10-6-18(7-11-21)26(2,3)17-4-8-20(9-5-17)33-22-12-19(27)13-22/h4-11,14-15,19,22H,12-13,27H2,1-3H3/t19-,22-. The van der Waals surface area contributed by atoms with Crippen molar-refractivity contribution >= 4 is 0 Å². The van der Waals surface area contributed by atoms with Crippen LogP contribution in [0.1, 0.15) is 43.7 Å². The normalized spacial score (nSPS) is 17.8. The van der Waals surface area contributed by atoms with E-state index >= 15 is 0 Å². The predicted octanol–water partition coefficient (Wildman–Crippen LogP) is 4.82. The summed E-state index contributed by atoms with van der Waals surface area (Å²) in [7, 11) is 0. The van der Waals surface area contributed by atoms with Crippen LogP contribution in [0, 0.1) is 6.92 Å². The molecule has 8 nitrogen and oxygen atoms in total. The molecule has 1 aliphatic carbocycles. The molecule has 0 saturated heterocycles. The highest BCUT2D eigenvalue weighted by Gasteiger charge is 2.28. The van der Waals surface area contributed by atoms with Crippen LogP contribution in [0.3, 0.4) is 0 Å². The van der Waals surface area contributed by atoms with Gasteiger partial charge in [-0.05, 0) is 48.2 Å². The van der Waals surface area contributed by atoms with Crippen LogP contribution in [-0.2, 0) is 5.41 Å². The number of ether oxygens (including phenoxy) is 2. The van der Waals surface area contributed by atoms with E-state index in [2.05, 4.69) is 58.3 Å². The second kappa shape index (κ2) is 8.87. The molecule has 0 bridgehead atoms. The number of rotatable bonds is 7. The van der Waals surface area contributed by atoms with E-state index in [4.69, 9.17) is 19.6 Å². The van der Waals surface area contributed by atoms with Crippen molar-refractivity contribution in [3.63, 3.8) is 0 Å². The smallest absolute Gasteiger partial charge is 0.285 e. The van der Waals surface area contributed by atoms with Crippen molar-refractivity contribution in [1.29, 1.82) is 0 Å². The topological polar surface area (TPSA) is 109 Å². The van der Waals surface area contributed by atoms with Crippen LogP contribution in [-0.4, -0.2) is 32.3 Å². The molecule has 1 aliphatic rings. The van der Waals surface area contributed by atoms with Crippen molar-refractivity contribution in [1.82, 2.24) is 20.2 Å². The van der Waals surface area contributed by atoms with Gasteiger partial charge in [-0.3, -0.25) is 0 Å². The van der Waals surface area contributed by atoms with E-state index in [0.717, 1.165) is 18.6 Å². The number of nitrogens with zero attached hydrogens (tertiary/aromatic N) is 4. The first-order valence-corrected chi connectivity index (χ1v) is 11.3. The summed E-state index contributed by atoms with van der Waals surface area (Å²) in [6, 6.07) is 16.7. The molecule has 4 aromatic rings. The Balaban J connectivity index is 1.24. The Morgan fingerprint density at radius 1 is 0.853 bits per heavy atom. The van der Waals surface area contributed by atoms with Gasteiger partial charge < -0.3 is 19.6 Å². The zero-order chi connectivity index (χ0) is 23.7. The summed E-state index contributed by atoms with van der Waals surface area (Å²) in [5, 5.41) is 7.71. The van der Waals surface area contributed by atoms with Crippen LogP contribution in [0.15, 0.2) is 65.3 Å². The van der Waals surface area contributed by atoms with Gasteiger partial charge in [0.25, 0.3) is 5.89 Å². The van der Waals surface area contributed by atoms with Crippen molar-refractivity contribution in [2.75, 3.05) is 0 Å². The maximum absolute atomic E-state index is 5.98. The molecule has 8 heteroatoms. The minimum atomic E-state index is -0.178. The Morgan fingerprint density at radius 3 is 1.97 bits per heavy atom. The van der Waals surface area contributed by atoms with Gasteiger partial charge in [-0.15, -0.1) is 10.2 Å². The van der Waals surface area contributed by atoms with Gasteiger partial charge in [-0.2, -0.15) is 0 Å². The highest BCUT2D eigenvalue weighted by molar-refractivity contribution is 5.43.